The SMILES string of the molecule is CS(=O)(=O)N[C@H]1CC[C@H](CNc2nc3c(s2)CCOc2ccccc2-3)CC1. The third kappa shape index (κ3) is 4.62. The lowest BCUT2D eigenvalue weighted by Crippen LogP contribution is -2.37. The number of rotatable bonds is 5. The highest BCUT2D eigenvalue weighted by atomic mass is 32.2. The predicted octanol–water partition coefficient (Wildman–Crippen LogP) is 3.26. The van der Waals surface area contributed by atoms with Crippen LogP contribution in [0.3, 0.4) is 0 Å². The molecule has 0 radical (unpaired) electrons. The van der Waals surface area contributed by atoms with Crippen LogP contribution in [0.15, 0.2) is 24.3 Å². The molecule has 0 atom stereocenters. The van der Waals surface area contributed by atoms with Gasteiger partial charge in [0, 0.05) is 29.4 Å². The van der Waals surface area contributed by atoms with E-state index in [-0.39, 0.29) is 6.04 Å². The van der Waals surface area contributed by atoms with E-state index in [4.69, 9.17) is 9.72 Å². The van der Waals surface area contributed by atoms with E-state index in [1.807, 2.05) is 18.2 Å². The Balaban J connectivity index is 1.36. The molecule has 0 unspecified atom stereocenters. The van der Waals surface area contributed by atoms with Gasteiger partial charge in [0.05, 0.1) is 18.6 Å². The van der Waals surface area contributed by atoms with Gasteiger partial charge >= 0.3 is 0 Å². The van der Waals surface area contributed by atoms with E-state index < -0.39 is 10.0 Å². The van der Waals surface area contributed by atoms with Crippen molar-refractivity contribution < 1.29 is 13.2 Å². The molecular weight excluding hydrogens is 382 g/mol. The molecule has 1 aromatic heterocycles. The van der Waals surface area contributed by atoms with Crippen LogP contribution in [-0.2, 0) is 16.4 Å². The molecule has 4 rings (SSSR count). The molecule has 0 bridgehead atoms. The molecular formula is C19H25N3O3S2. The van der Waals surface area contributed by atoms with Crippen molar-refractivity contribution in [2.45, 2.75) is 38.1 Å². The molecule has 1 aromatic carbocycles. The van der Waals surface area contributed by atoms with Crippen molar-refractivity contribution in [1.82, 2.24) is 9.71 Å². The fraction of sp³-hybridized carbons (Fsp3) is 0.526. The summed E-state index contributed by atoms with van der Waals surface area (Å²) in [5.74, 6) is 1.46. The number of aromatic nitrogens is 1. The zero-order chi connectivity index (χ0) is 18.9. The highest BCUT2D eigenvalue weighted by Crippen LogP contribution is 2.39. The second kappa shape index (κ2) is 7.77. The minimum absolute atomic E-state index is 0.0867. The third-order valence-electron chi connectivity index (χ3n) is 5.20. The van der Waals surface area contributed by atoms with Gasteiger partial charge in [0.25, 0.3) is 0 Å². The molecule has 6 nitrogen and oxygen atoms in total. The lowest BCUT2D eigenvalue weighted by Gasteiger charge is -2.28. The topological polar surface area (TPSA) is 80.3 Å². The second-order valence-corrected chi connectivity index (χ2v) is 10.2. The Kier molecular flexibility index (Phi) is 5.39. The standard InChI is InChI=1S/C19H25N3O3S2/c1-27(23,24)22-14-8-6-13(7-9-14)12-20-19-21-18-15-4-2-3-5-16(15)25-11-10-17(18)26-19/h2-5,13-14,22H,6-12H2,1H3,(H,20,21)/t13-,14-. The van der Waals surface area contributed by atoms with E-state index in [1.165, 1.54) is 11.1 Å². The monoisotopic (exact) mass is 407 g/mol. The lowest BCUT2D eigenvalue weighted by molar-refractivity contribution is 0.324. The maximum atomic E-state index is 11.4. The first-order valence-electron chi connectivity index (χ1n) is 9.41. The number of nitrogens with one attached hydrogen (secondary N) is 2. The maximum Gasteiger partial charge on any atom is 0.208 e. The number of sulfonamides is 1. The first-order chi connectivity index (χ1) is 13.0. The van der Waals surface area contributed by atoms with Crippen LogP contribution in [0.5, 0.6) is 5.75 Å². The first kappa shape index (κ1) is 18.7. The van der Waals surface area contributed by atoms with Crippen LogP contribution in [-0.4, -0.2) is 38.9 Å². The Bertz CT molecular complexity index is 903. The summed E-state index contributed by atoms with van der Waals surface area (Å²) in [6.45, 7) is 1.57. The maximum absolute atomic E-state index is 11.4. The van der Waals surface area contributed by atoms with Gasteiger partial charge in [-0.3, -0.25) is 0 Å². The number of benzene rings is 1. The van der Waals surface area contributed by atoms with Crippen LogP contribution in [0.2, 0.25) is 0 Å². The quantitative estimate of drug-likeness (QED) is 0.795. The Hall–Kier alpha value is -1.64. The number of hydrogen-bond donors (Lipinski definition) is 2. The second-order valence-electron chi connectivity index (χ2n) is 7.37. The highest BCUT2D eigenvalue weighted by Gasteiger charge is 2.24. The molecule has 0 saturated heterocycles. The average Bonchev–Trinajstić information content (AvgIpc) is 2.95. The van der Waals surface area contributed by atoms with Crippen LogP contribution in [0.25, 0.3) is 11.3 Å². The lowest BCUT2D eigenvalue weighted by atomic mass is 9.86. The van der Waals surface area contributed by atoms with E-state index >= 15 is 0 Å². The van der Waals surface area contributed by atoms with Crippen molar-refractivity contribution in [1.29, 1.82) is 0 Å². The van der Waals surface area contributed by atoms with Gasteiger partial charge in [0.2, 0.25) is 10.0 Å². The summed E-state index contributed by atoms with van der Waals surface area (Å²) in [6.07, 6.45) is 5.98. The van der Waals surface area contributed by atoms with E-state index in [2.05, 4.69) is 16.1 Å². The highest BCUT2D eigenvalue weighted by molar-refractivity contribution is 7.88. The molecule has 1 aliphatic heterocycles. The minimum Gasteiger partial charge on any atom is -0.493 e. The number of anilines is 1. The van der Waals surface area contributed by atoms with Crippen molar-refractivity contribution in [2.24, 2.45) is 5.92 Å². The zero-order valence-corrected chi connectivity index (χ0v) is 17.0. The van der Waals surface area contributed by atoms with Crippen molar-refractivity contribution in [3.63, 3.8) is 0 Å². The molecule has 146 valence electrons. The molecule has 0 amide bonds. The first-order valence-corrected chi connectivity index (χ1v) is 12.1. The van der Waals surface area contributed by atoms with Crippen molar-refractivity contribution in [3.05, 3.63) is 29.1 Å². The summed E-state index contributed by atoms with van der Waals surface area (Å²) < 4.78 is 31.3. The van der Waals surface area contributed by atoms with Crippen molar-refractivity contribution in [2.75, 3.05) is 24.7 Å². The Morgan fingerprint density at radius 1 is 1.22 bits per heavy atom. The van der Waals surface area contributed by atoms with Gasteiger partial charge in [-0.05, 0) is 43.7 Å². The van der Waals surface area contributed by atoms with Crippen LogP contribution < -0.4 is 14.8 Å². The largest absolute Gasteiger partial charge is 0.493 e. The number of ether oxygens (including phenoxy) is 1. The summed E-state index contributed by atoms with van der Waals surface area (Å²) in [6, 6.07) is 8.17. The van der Waals surface area contributed by atoms with Crippen LogP contribution >= 0.6 is 11.3 Å². The molecule has 1 saturated carbocycles. The van der Waals surface area contributed by atoms with Crippen LogP contribution in [0.1, 0.15) is 30.6 Å². The summed E-state index contributed by atoms with van der Waals surface area (Å²) in [5.41, 5.74) is 2.11. The van der Waals surface area contributed by atoms with Crippen LogP contribution in [0.4, 0.5) is 5.13 Å². The summed E-state index contributed by atoms with van der Waals surface area (Å²) >= 11 is 1.72. The molecule has 2 heterocycles. The van der Waals surface area contributed by atoms with Gasteiger partial charge in [0.1, 0.15) is 5.75 Å². The molecule has 2 N–H and O–H groups in total. The zero-order valence-electron chi connectivity index (χ0n) is 15.4. The molecule has 1 aliphatic carbocycles. The number of nitrogens with zero attached hydrogens (tertiary/aromatic N) is 1. The Morgan fingerprint density at radius 3 is 2.78 bits per heavy atom. The van der Waals surface area contributed by atoms with Gasteiger partial charge in [-0.15, -0.1) is 11.3 Å². The van der Waals surface area contributed by atoms with E-state index in [9.17, 15) is 8.42 Å². The fourth-order valence-electron chi connectivity index (χ4n) is 3.87. The number of para-hydroxylation sites is 1. The third-order valence-corrected chi connectivity index (χ3v) is 7.03. The Labute approximate surface area is 164 Å². The fourth-order valence-corrected chi connectivity index (χ4v) is 5.67. The van der Waals surface area contributed by atoms with Gasteiger partial charge in [-0.25, -0.2) is 18.1 Å². The minimum atomic E-state index is -3.11. The van der Waals surface area contributed by atoms with Gasteiger partial charge in [-0.2, -0.15) is 0 Å². The molecule has 8 heteroatoms. The summed E-state index contributed by atoms with van der Waals surface area (Å²) in [4.78, 5) is 6.10. The number of fused-ring (bicyclic) bond motifs is 3. The summed E-state index contributed by atoms with van der Waals surface area (Å²) in [5, 5.41) is 4.48. The van der Waals surface area contributed by atoms with E-state index in [0.29, 0.717) is 12.5 Å². The number of thiazole rings is 1. The molecule has 2 aliphatic rings. The van der Waals surface area contributed by atoms with Crippen molar-refractivity contribution in [3.8, 4) is 17.0 Å². The predicted molar refractivity (Wildman–Crippen MR) is 109 cm³/mol. The number of hydrogen-bond acceptors (Lipinski definition) is 6. The average molecular weight is 408 g/mol. The normalized spacial score (nSPS) is 22.3. The van der Waals surface area contributed by atoms with Crippen LogP contribution in [0, 0.1) is 5.92 Å². The summed E-state index contributed by atoms with van der Waals surface area (Å²) in [7, 11) is -3.11. The van der Waals surface area contributed by atoms with Gasteiger partial charge in [0.15, 0.2) is 5.13 Å². The van der Waals surface area contributed by atoms with Crippen molar-refractivity contribution >= 4 is 26.5 Å². The Morgan fingerprint density at radius 2 is 2.00 bits per heavy atom. The molecule has 2 aromatic rings. The smallest absolute Gasteiger partial charge is 0.208 e. The van der Waals surface area contributed by atoms with Gasteiger partial charge in [-0.1, -0.05) is 12.1 Å². The molecule has 1 fully saturated rings. The van der Waals surface area contributed by atoms with E-state index in [1.54, 1.807) is 11.3 Å². The van der Waals surface area contributed by atoms with E-state index in [0.717, 1.165) is 60.8 Å². The molecule has 0 spiro atoms. The van der Waals surface area contributed by atoms with Gasteiger partial charge < -0.3 is 10.1 Å². The molecule has 27 heavy (non-hydrogen) atoms.